The topological polar surface area (TPSA) is 35.6 Å². The van der Waals surface area contributed by atoms with E-state index in [2.05, 4.69) is 31.1 Å². The first-order chi connectivity index (χ1) is 9.99. The molecule has 0 bridgehead atoms. The van der Waals surface area contributed by atoms with Crippen molar-refractivity contribution < 1.29 is 4.79 Å². The van der Waals surface area contributed by atoms with E-state index in [1.165, 1.54) is 0 Å². The van der Waals surface area contributed by atoms with Crippen molar-refractivity contribution >= 4 is 11.6 Å². The Morgan fingerprint density at radius 1 is 1.29 bits per heavy atom. The van der Waals surface area contributed by atoms with Crippen molar-refractivity contribution in [2.24, 2.45) is 0 Å². The molecule has 1 heterocycles. The van der Waals surface area contributed by atoms with Gasteiger partial charge in [-0.25, -0.2) is 0 Å². The zero-order valence-corrected chi connectivity index (χ0v) is 13.6. The van der Waals surface area contributed by atoms with Crippen LogP contribution in [-0.4, -0.2) is 55.0 Å². The minimum atomic E-state index is 0.119. The van der Waals surface area contributed by atoms with E-state index in [4.69, 9.17) is 0 Å². The van der Waals surface area contributed by atoms with Crippen LogP contribution in [0, 0.1) is 0 Å². The van der Waals surface area contributed by atoms with Gasteiger partial charge in [0, 0.05) is 24.8 Å². The Balaban J connectivity index is 2.12. The monoisotopic (exact) mass is 289 g/mol. The lowest BCUT2D eigenvalue weighted by molar-refractivity contribution is 0.0660. The zero-order chi connectivity index (χ0) is 15.4. The van der Waals surface area contributed by atoms with Gasteiger partial charge in [-0.05, 0) is 59.0 Å². The SMILES string of the molecule is CC(C)Nc1ccccc1C(=O)N(C)C1CCN(C)CC1. The molecule has 1 aromatic rings. The number of hydrogen-bond acceptors (Lipinski definition) is 3. The maximum atomic E-state index is 12.8. The van der Waals surface area contributed by atoms with Crippen LogP contribution in [0.1, 0.15) is 37.0 Å². The first-order valence-corrected chi connectivity index (χ1v) is 7.80. The van der Waals surface area contributed by atoms with Crippen LogP contribution in [0.5, 0.6) is 0 Å². The Hall–Kier alpha value is -1.55. The van der Waals surface area contributed by atoms with Gasteiger partial charge < -0.3 is 15.1 Å². The summed E-state index contributed by atoms with van der Waals surface area (Å²) in [7, 11) is 4.07. The van der Waals surface area contributed by atoms with Crippen molar-refractivity contribution in [1.82, 2.24) is 9.80 Å². The van der Waals surface area contributed by atoms with Gasteiger partial charge in [0.05, 0.1) is 5.56 Å². The summed E-state index contributed by atoms with van der Waals surface area (Å²) in [5.41, 5.74) is 1.70. The number of nitrogens with zero attached hydrogens (tertiary/aromatic N) is 2. The molecule has 4 nitrogen and oxygen atoms in total. The summed E-state index contributed by atoms with van der Waals surface area (Å²) in [4.78, 5) is 17.0. The molecule has 0 aromatic heterocycles. The second kappa shape index (κ2) is 6.94. The van der Waals surface area contributed by atoms with Crippen molar-refractivity contribution in [2.45, 2.75) is 38.8 Å². The van der Waals surface area contributed by atoms with E-state index in [-0.39, 0.29) is 5.91 Å². The van der Waals surface area contributed by atoms with E-state index < -0.39 is 0 Å². The first-order valence-electron chi connectivity index (χ1n) is 7.80. The Labute approximate surface area is 128 Å². The lowest BCUT2D eigenvalue weighted by Crippen LogP contribution is -2.44. The molecule has 1 saturated heterocycles. The van der Waals surface area contributed by atoms with E-state index in [0.717, 1.165) is 37.2 Å². The third-order valence-electron chi connectivity index (χ3n) is 4.16. The van der Waals surface area contributed by atoms with Gasteiger partial charge >= 0.3 is 0 Å². The number of piperidine rings is 1. The van der Waals surface area contributed by atoms with Gasteiger partial charge in [-0.2, -0.15) is 0 Å². The molecule has 0 spiro atoms. The number of hydrogen-bond donors (Lipinski definition) is 1. The third kappa shape index (κ3) is 3.97. The van der Waals surface area contributed by atoms with E-state index in [9.17, 15) is 4.79 Å². The van der Waals surface area contributed by atoms with Gasteiger partial charge in [0.1, 0.15) is 0 Å². The summed E-state index contributed by atoms with van der Waals surface area (Å²) in [6, 6.07) is 8.46. The molecule has 2 rings (SSSR count). The van der Waals surface area contributed by atoms with Crippen LogP contribution in [0.2, 0.25) is 0 Å². The minimum Gasteiger partial charge on any atom is -0.382 e. The number of rotatable bonds is 4. The van der Waals surface area contributed by atoms with Gasteiger partial charge in [-0.1, -0.05) is 12.1 Å². The number of carbonyl (C=O) groups is 1. The van der Waals surface area contributed by atoms with Gasteiger partial charge in [-0.3, -0.25) is 4.79 Å². The Bertz CT molecular complexity index is 479. The van der Waals surface area contributed by atoms with Crippen LogP contribution >= 0.6 is 0 Å². The highest BCUT2D eigenvalue weighted by molar-refractivity contribution is 5.99. The number of anilines is 1. The Kier molecular flexibility index (Phi) is 5.23. The number of likely N-dealkylation sites (tertiary alicyclic amines) is 1. The van der Waals surface area contributed by atoms with Gasteiger partial charge in [0.2, 0.25) is 0 Å². The lowest BCUT2D eigenvalue weighted by atomic mass is 10.0. The number of benzene rings is 1. The maximum absolute atomic E-state index is 12.8. The number of para-hydroxylation sites is 1. The van der Waals surface area contributed by atoms with Crippen molar-refractivity contribution in [3.63, 3.8) is 0 Å². The number of nitrogens with one attached hydrogen (secondary N) is 1. The van der Waals surface area contributed by atoms with Crippen molar-refractivity contribution in [3.05, 3.63) is 29.8 Å². The van der Waals surface area contributed by atoms with Gasteiger partial charge in [0.15, 0.2) is 0 Å². The standard InChI is InChI=1S/C17H27N3O/c1-13(2)18-16-8-6-5-7-15(16)17(21)20(4)14-9-11-19(3)12-10-14/h5-8,13-14,18H,9-12H2,1-4H3. The summed E-state index contributed by atoms with van der Waals surface area (Å²) >= 11 is 0. The van der Waals surface area contributed by atoms with Crippen LogP contribution in [0.25, 0.3) is 0 Å². The van der Waals surface area contributed by atoms with Crippen LogP contribution in [0.4, 0.5) is 5.69 Å². The average Bonchev–Trinajstić information content (AvgIpc) is 2.46. The highest BCUT2D eigenvalue weighted by Gasteiger charge is 2.25. The summed E-state index contributed by atoms with van der Waals surface area (Å²) in [6.45, 7) is 6.30. The molecule has 0 aliphatic carbocycles. The predicted molar refractivity (Wildman–Crippen MR) is 87.8 cm³/mol. The van der Waals surface area contributed by atoms with Gasteiger partial charge in [0.25, 0.3) is 5.91 Å². The molecule has 21 heavy (non-hydrogen) atoms. The summed E-state index contributed by atoms with van der Waals surface area (Å²) in [5.74, 6) is 0.119. The van der Waals surface area contributed by atoms with Crippen molar-refractivity contribution in [3.8, 4) is 0 Å². The Morgan fingerprint density at radius 3 is 2.52 bits per heavy atom. The molecule has 1 amide bonds. The van der Waals surface area contributed by atoms with E-state index in [1.54, 1.807) is 0 Å². The molecule has 1 fully saturated rings. The first kappa shape index (κ1) is 15.8. The largest absolute Gasteiger partial charge is 0.382 e. The maximum Gasteiger partial charge on any atom is 0.255 e. The molecular weight excluding hydrogens is 262 g/mol. The minimum absolute atomic E-state index is 0.119. The quantitative estimate of drug-likeness (QED) is 0.925. The fourth-order valence-electron chi connectivity index (χ4n) is 2.84. The van der Waals surface area contributed by atoms with E-state index in [0.29, 0.717) is 12.1 Å². The molecule has 1 aromatic carbocycles. The molecule has 0 atom stereocenters. The van der Waals surface area contributed by atoms with Crippen molar-refractivity contribution in [2.75, 3.05) is 32.5 Å². The fourth-order valence-corrected chi connectivity index (χ4v) is 2.84. The molecule has 4 heteroatoms. The molecule has 0 saturated carbocycles. The molecule has 1 aliphatic rings. The van der Waals surface area contributed by atoms with Crippen LogP contribution in [-0.2, 0) is 0 Å². The van der Waals surface area contributed by atoms with Crippen LogP contribution < -0.4 is 5.32 Å². The summed E-state index contributed by atoms with van der Waals surface area (Å²) < 4.78 is 0. The summed E-state index contributed by atoms with van der Waals surface area (Å²) in [6.07, 6.45) is 2.11. The van der Waals surface area contributed by atoms with Crippen LogP contribution in [0.15, 0.2) is 24.3 Å². The second-order valence-electron chi connectivity index (χ2n) is 6.30. The van der Waals surface area contributed by atoms with Gasteiger partial charge in [-0.15, -0.1) is 0 Å². The predicted octanol–water partition coefficient (Wildman–Crippen LogP) is 2.67. The molecule has 116 valence electrons. The number of carbonyl (C=O) groups excluding carboxylic acids is 1. The fraction of sp³-hybridized carbons (Fsp3) is 0.588. The molecule has 0 radical (unpaired) electrons. The highest BCUT2D eigenvalue weighted by atomic mass is 16.2. The van der Waals surface area contributed by atoms with Crippen molar-refractivity contribution in [1.29, 1.82) is 0 Å². The highest BCUT2D eigenvalue weighted by Crippen LogP contribution is 2.21. The normalized spacial score (nSPS) is 17.0. The summed E-state index contributed by atoms with van der Waals surface area (Å²) in [5, 5.41) is 3.36. The molecule has 0 unspecified atom stereocenters. The Morgan fingerprint density at radius 2 is 1.90 bits per heavy atom. The second-order valence-corrected chi connectivity index (χ2v) is 6.30. The molecule has 1 aliphatic heterocycles. The third-order valence-corrected chi connectivity index (χ3v) is 4.16. The van der Waals surface area contributed by atoms with Crippen LogP contribution in [0.3, 0.4) is 0 Å². The molecule has 1 N–H and O–H groups in total. The van der Waals surface area contributed by atoms with E-state index >= 15 is 0 Å². The zero-order valence-electron chi connectivity index (χ0n) is 13.6. The smallest absolute Gasteiger partial charge is 0.255 e. The number of amides is 1. The lowest BCUT2D eigenvalue weighted by Gasteiger charge is -2.35. The molecular formula is C17H27N3O. The van der Waals surface area contributed by atoms with E-state index in [1.807, 2.05) is 36.2 Å². The average molecular weight is 289 g/mol.